The van der Waals surface area contributed by atoms with Gasteiger partial charge in [0.1, 0.15) is 0 Å². The van der Waals surface area contributed by atoms with Crippen LogP contribution in [0, 0.1) is 6.92 Å². The molecule has 0 unspecified atom stereocenters. The molecule has 106 valence electrons. The van der Waals surface area contributed by atoms with Crippen molar-refractivity contribution in [3.05, 3.63) is 65.8 Å². The topological polar surface area (TPSA) is 63.8 Å². The normalized spacial score (nSPS) is 10.7. The van der Waals surface area contributed by atoms with Crippen LogP contribution in [0.4, 0.5) is 0 Å². The van der Waals surface area contributed by atoms with Gasteiger partial charge in [-0.15, -0.1) is 10.2 Å². The molecule has 3 rings (SSSR count). The number of hydrogen-bond donors (Lipinski definition) is 1. The molecule has 0 bridgehead atoms. The van der Waals surface area contributed by atoms with Crippen molar-refractivity contribution in [2.45, 2.75) is 20.0 Å². The second-order valence-corrected chi connectivity index (χ2v) is 4.78. The zero-order valence-corrected chi connectivity index (χ0v) is 11.8. The maximum atomic E-state index is 5.63. The van der Waals surface area contributed by atoms with E-state index in [2.05, 4.69) is 26.6 Å². The molecule has 0 radical (unpaired) electrons. The van der Waals surface area contributed by atoms with Gasteiger partial charge in [-0.1, -0.05) is 24.3 Å². The quantitative estimate of drug-likeness (QED) is 0.778. The largest absolute Gasteiger partial charge is 0.419 e. The number of aryl methyl sites for hydroxylation is 1. The van der Waals surface area contributed by atoms with E-state index < -0.39 is 0 Å². The van der Waals surface area contributed by atoms with Crippen molar-refractivity contribution in [2.24, 2.45) is 0 Å². The van der Waals surface area contributed by atoms with E-state index in [4.69, 9.17) is 4.42 Å². The van der Waals surface area contributed by atoms with Gasteiger partial charge in [-0.2, -0.15) is 0 Å². The number of benzene rings is 1. The van der Waals surface area contributed by atoms with Crippen LogP contribution < -0.4 is 5.32 Å². The monoisotopic (exact) mass is 280 g/mol. The zero-order chi connectivity index (χ0) is 14.5. The molecule has 3 aromatic rings. The van der Waals surface area contributed by atoms with Gasteiger partial charge in [0.25, 0.3) is 0 Å². The first-order valence-electron chi connectivity index (χ1n) is 6.81. The smallest absolute Gasteiger partial charge is 0.247 e. The summed E-state index contributed by atoms with van der Waals surface area (Å²) >= 11 is 0. The number of rotatable bonds is 5. The standard InChI is InChI=1S/C16H16N4O/c1-12-7-8-13(10-18-12)9-17-11-15-19-20-16(21-15)14-5-3-2-4-6-14/h2-8,10,17H,9,11H2,1H3. The average molecular weight is 280 g/mol. The van der Waals surface area contributed by atoms with E-state index >= 15 is 0 Å². The third-order valence-corrected chi connectivity index (χ3v) is 3.07. The van der Waals surface area contributed by atoms with Gasteiger partial charge in [0.05, 0.1) is 6.54 Å². The molecule has 0 atom stereocenters. The van der Waals surface area contributed by atoms with E-state index in [1.807, 2.05) is 49.5 Å². The number of nitrogens with one attached hydrogen (secondary N) is 1. The molecule has 2 aromatic heterocycles. The number of aromatic nitrogens is 3. The summed E-state index contributed by atoms with van der Waals surface area (Å²) in [4.78, 5) is 4.26. The lowest BCUT2D eigenvalue weighted by molar-refractivity contribution is 0.477. The van der Waals surface area contributed by atoms with Gasteiger partial charge in [0.2, 0.25) is 11.8 Å². The second kappa shape index (κ2) is 6.28. The first kappa shape index (κ1) is 13.5. The van der Waals surface area contributed by atoms with Crippen molar-refractivity contribution < 1.29 is 4.42 Å². The van der Waals surface area contributed by atoms with E-state index in [0.29, 0.717) is 18.3 Å². The zero-order valence-electron chi connectivity index (χ0n) is 11.8. The van der Waals surface area contributed by atoms with Crippen LogP contribution >= 0.6 is 0 Å². The fourth-order valence-electron chi connectivity index (χ4n) is 1.94. The third-order valence-electron chi connectivity index (χ3n) is 3.07. The summed E-state index contributed by atoms with van der Waals surface area (Å²) in [6.45, 7) is 3.23. The SMILES string of the molecule is Cc1ccc(CNCc2nnc(-c3ccccc3)o2)cn1. The third kappa shape index (κ3) is 3.52. The lowest BCUT2D eigenvalue weighted by atomic mass is 10.2. The van der Waals surface area contributed by atoms with Crippen molar-refractivity contribution in [3.8, 4) is 11.5 Å². The molecule has 2 heterocycles. The Morgan fingerprint density at radius 3 is 2.62 bits per heavy atom. The van der Waals surface area contributed by atoms with E-state index in [-0.39, 0.29) is 0 Å². The highest BCUT2D eigenvalue weighted by Crippen LogP contribution is 2.16. The van der Waals surface area contributed by atoms with Crippen molar-refractivity contribution in [2.75, 3.05) is 0 Å². The van der Waals surface area contributed by atoms with Crippen LogP contribution in [0.15, 0.2) is 53.1 Å². The Morgan fingerprint density at radius 2 is 1.86 bits per heavy atom. The number of nitrogens with zero attached hydrogens (tertiary/aromatic N) is 3. The first-order chi connectivity index (χ1) is 10.3. The molecule has 0 fully saturated rings. The Balaban J connectivity index is 1.57. The van der Waals surface area contributed by atoms with E-state index in [1.54, 1.807) is 0 Å². The lowest BCUT2D eigenvalue weighted by Crippen LogP contribution is -2.13. The summed E-state index contributed by atoms with van der Waals surface area (Å²) in [5, 5.41) is 11.4. The molecule has 1 aromatic carbocycles. The predicted molar refractivity (Wildman–Crippen MR) is 79.3 cm³/mol. The summed E-state index contributed by atoms with van der Waals surface area (Å²) in [7, 11) is 0. The number of pyridine rings is 1. The molecule has 1 N–H and O–H groups in total. The minimum absolute atomic E-state index is 0.535. The molecular formula is C16H16N4O. The van der Waals surface area contributed by atoms with Gasteiger partial charge < -0.3 is 9.73 Å². The summed E-state index contributed by atoms with van der Waals surface area (Å²) < 4.78 is 5.63. The molecule has 21 heavy (non-hydrogen) atoms. The molecule has 0 aliphatic heterocycles. The van der Waals surface area contributed by atoms with Crippen LogP contribution in [-0.4, -0.2) is 15.2 Å². The van der Waals surface area contributed by atoms with E-state index in [0.717, 1.165) is 23.4 Å². The molecule has 0 saturated carbocycles. The minimum atomic E-state index is 0.535. The molecule has 5 heteroatoms. The van der Waals surface area contributed by atoms with Crippen molar-refractivity contribution >= 4 is 0 Å². The summed E-state index contributed by atoms with van der Waals surface area (Å²) in [6, 6.07) is 13.8. The van der Waals surface area contributed by atoms with Crippen LogP contribution in [0.1, 0.15) is 17.1 Å². The van der Waals surface area contributed by atoms with Crippen LogP contribution in [-0.2, 0) is 13.1 Å². The summed E-state index contributed by atoms with van der Waals surface area (Å²) in [6.07, 6.45) is 1.87. The molecule has 5 nitrogen and oxygen atoms in total. The lowest BCUT2D eigenvalue weighted by Gasteiger charge is -2.02. The highest BCUT2D eigenvalue weighted by molar-refractivity contribution is 5.51. The summed E-state index contributed by atoms with van der Waals surface area (Å²) in [5.41, 5.74) is 3.07. The predicted octanol–water partition coefficient (Wildman–Crippen LogP) is 2.73. The minimum Gasteiger partial charge on any atom is -0.419 e. The molecule has 0 aliphatic carbocycles. The highest BCUT2D eigenvalue weighted by atomic mass is 16.4. The molecule has 0 amide bonds. The van der Waals surface area contributed by atoms with Crippen LogP contribution in [0.3, 0.4) is 0 Å². The van der Waals surface area contributed by atoms with Crippen molar-refractivity contribution in [1.82, 2.24) is 20.5 Å². The molecular weight excluding hydrogens is 264 g/mol. The maximum Gasteiger partial charge on any atom is 0.247 e. The Kier molecular flexibility index (Phi) is 4.02. The van der Waals surface area contributed by atoms with Crippen LogP contribution in [0.2, 0.25) is 0 Å². The molecule has 0 spiro atoms. The van der Waals surface area contributed by atoms with Gasteiger partial charge in [-0.3, -0.25) is 4.98 Å². The van der Waals surface area contributed by atoms with Crippen molar-refractivity contribution in [1.29, 1.82) is 0 Å². The van der Waals surface area contributed by atoms with Gasteiger partial charge in [0, 0.05) is 24.0 Å². The highest BCUT2D eigenvalue weighted by Gasteiger charge is 2.07. The van der Waals surface area contributed by atoms with Gasteiger partial charge in [0.15, 0.2) is 0 Å². The van der Waals surface area contributed by atoms with Crippen LogP contribution in [0.5, 0.6) is 0 Å². The summed E-state index contributed by atoms with van der Waals surface area (Å²) in [5.74, 6) is 1.12. The number of hydrogen-bond acceptors (Lipinski definition) is 5. The second-order valence-electron chi connectivity index (χ2n) is 4.78. The van der Waals surface area contributed by atoms with E-state index in [1.165, 1.54) is 0 Å². The van der Waals surface area contributed by atoms with Gasteiger partial charge in [-0.25, -0.2) is 0 Å². The Bertz CT molecular complexity index is 692. The average Bonchev–Trinajstić information content (AvgIpc) is 2.99. The van der Waals surface area contributed by atoms with Gasteiger partial charge in [-0.05, 0) is 30.7 Å². The Labute approximate surface area is 123 Å². The first-order valence-corrected chi connectivity index (χ1v) is 6.81. The maximum absolute atomic E-state index is 5.63. The molecule has 0 aliphatic rings. The Morgan fingerprint density at radius 1 is 1.00 bits per heavy atom. The fourth-order valence-corrected chi connectivity index (χ4v) is 1.94. The van der Waals surface area contributed by atoms with Gasteiger partial charge >= 0.3 is 0 Å². The van der Waals surface area contributed by atoms with Crippen LogP contribution in [0.25, 0.3) is 11.5 Å². The molecule has 0 saturated heterocycles. The fraction of sp³-hybridized carbons (Fsp3) is 0.188. The van der Waals surface area contributed by atoms with E-state index in [9.17, 15) is 0 Å². The van der Waals surface area contributed by atoms with Crippen molar-refractivity contribution in [3.63, 3.8) is 0 Å². The Hall–Kier alpha value is -2.53.